The SMILES string of the molecule is CCOC(C#CC(=O)CCc1ccccc1)OCC. The number of ether oxygens (including phenoxy) is 2. The van der Waals surface area contributed by atoms with Crippen molar-refractivity contribution in [3.8, 4) is 11.8 Å². The van der Waals surface area contributed by atoms with E-state index in [1.54, 1.807) is 0 Å². The van der Waals surface area contributed by atoms with Crippen LogP contribution in [-0.2, 0) is 20.7 Å². The second kappa shape index (κ2) is 9.32. The van der Waals surface area contributed by atoms with Crippen LogP contribution in [0.1, 0.15) is 25.8 Å². The van der Waals surface area contributed by atoms with Crippen LogP contribution >= 0.6 is 0 Å². The van der Waals surface area contributed by atoms with Crippen molar-refractivity contribution in [2.45, 2.75) is 33.0 Å². The van der Waals surface area contributed by atoms with E-state index in [0.717, 1.165) is 5.56 Å². The summed E-state index contributed by atoms with van der Waals surface area (Å²) < 4.78 is 10.5. The molecule has 0 radical (unpaired) electrons. The Hall–Kier alpha value is -1.63. The van der Waals surface area contributed by atoms with Crippen LogP contribution in [0.2, 0.25) is 0 Å². The fourth-order valence-electron chi connectivity index (χ4n) is 1.54. The summed E-state index contributed by atoms with van der Waals surface area (Å²) in [6.07, 6.45) is 0.528. The van der Waals surface area contributed by atoms with Gasteiger partial charge in [-0.05, 0) is 37.7 Å². The largest absolute Gasteiger partial charge is 0.342 e. The van der Waals surface area contributed by atoms with Gasteiger partial charge in [-0.3, -0.25) is 4.79 Å². The number of hydrogen-bond acceptors (Lipinski definition) is 3. The molecule has 0 bridgehead atoms. The molecule has 19 heavy (non-hydrogen) atoms. The molecule has 0 unspecified atom stereocenters. The normalized spacial score (nSPS) is 10.1. The summed E-state index contributed by atoms with van der Waals surface area (Å²) in [6, 6.07) is 9.89. The van der Waals surface area contributed by atoms with Gasteiger partial charge in [-0.15, -0.1) is 0 Å². The van der Waals surface area contributed by atoms with E-state index in [1.807, 2.05) is 44.2 Å². The molecule has 0 amide bonds. The highest BCUT2D eigenvalue weighted by Gasteiger charge is 2.03. The van der Waals surface area contributed by atoms with Crippen LogP contribution in [0.25, 0.3) is 0 Å². The molecule has 0 saturated carbocycles. The second-order valence-corrected chi connectivity index (χ2v) is 3.92. The van der Waals surface area contributed by atoms with Crippen molar-refractivity contribution in [3.63, 3.8) is 0 Å². The van der Waals surface area contributed by atoms with E-state index in [4.69, 9.17) is 9.47 Å². The topological polar surface area (TPSA) is 35.5 Å². The molecule has 0 aliphatic heterocycles. The highest BCUT2D eigenvalue weighted by molar-refractivity contribution is 5.95. The van der Waals surface area contributed by atoms with Gasteiger partial charge in [-0.25, -0.2) is 0 Å². The van der Waals surface area contributed by atoms with Gasteiger partial charge in [0, 0.05) is 19.6 Å². The summed E-state index contributed by atoms with van der Waals surface area (Å²) in [6.45, 7) is 4.75. The second-order valence-electron chi connectivity index (χ2n) is 3.92. The molecule has 0 heterocycles. The molecule has 0 fully saturated rings. The summed E-state index contributed by atoms with van der Waals surface area (Å²) in [4.78, 5) is 11.6. The Kier molecular flexibility index (Phi) is 7.57. The smallest absolute Gasteiger partial charge is 0.222 e. The van der Waals surface area contributed by atoms with Gasteiger partial charge in [-0.1, -0.05) is 30.3 Å². The Morgan fingerprint density at radius 2 is 1.79 bits per heavy atom. The summed E-state index contributed by atoms with van der Waals surface area (Å²) >= 11 is 0. The Morgan fingerprint density at radius 3 is 2.37 bits per heavy atom. The number of rotatable bonds is 7. The van der Waals surface area contributed by atoms with E-state index >= 15 is 0 Å². The number of carbonyl (C=O) groups excluding carboxylic acids is 1. The number of carbonyl (C=O) groups is 1. The van der Waals surface area contributed by atoms with Gasteiger partial charge >= 0.3 is 0 Å². The molecule has 0 saturated heterocycles. The number of Topliss-reactive ketones (excluding diaryl/α,β-unsaturated/α-hetero) is 1. The van der Waals surface area contributed by atoms with E-state index in [0.29, 0.717) is 26.1 Å². The number of aryl methyl sites for hydroxylation is 1. The summed E-state index contributed by atoms with van der Waals surface area (Å²) in [5.74, 6) is 5.21. The molecule has 0 aliphatic carbocycles. The lowest BCUT2D eigenvalue weighted by Crippen LogP contribution is -2.15. The lowest BCUT2D eigenvalue weighted by atomic mass is 10.1. The van der Waals surface area contributed by atoms with E-state index < -0.39 is 6.29 Å². The molecule has 3 heteroatoms. The maximum absolute atomic E-state index is 11.6. The Balaban J connectivity index is 2.41. The van der Waals surface area contributed by atoms with Gasteiger partial charge in [0.1, 0.15) is 0 Å². The van der Waals surface area contributed by atoms with Crippen molar-refractivity contribution in [2.24, 2.45) is 0 Å². The fraction of sp³-hybridized carbons (Fsp3) is 0.438. The summed E-state index contributed by atoms with van der Waals surface area (Å²) in [7, 11) is 0. The molecular weight excluding hydrogens is 240 g/mol. The molecule has 102 valence electrons. The minimum atomic E-state index is -0.601. The Morgan fingerprint density at radius 1 is 1.16 bits per heavy atom. The molecular formula is C16H20O3. The van der Waals surface area contributed by atoms with Crippen LogP contribution in [-0.4, -0.2) is 25.3 Å². The predicted octanol–water partition coefficient (Wildman–Crippen LogP) is 2.59. The maximum atomic E-state index is 11.6. The van der Waals surface area contributed by atoms with Crippen LogP contribution in [0, 0.1) is 11.8 Å². The van der Waals surface area contributed by atoms with E-state index in [1.165, 1.54) is 0 Å². The van der Waals surface area contributed by atoms with Crippen LogP contribution < -0.4 is 0 Å². The third kappa shape index (κ3) is 6.76. The van der Waals surface area contributed by atoms with E-state index in [2.05, 4.69) is 11.8 Å². The average Bonchev–Trinajstić information content (AvgIpc) is 2.44. The first-order valence-corrected chi connectivity index (χ1v) is 6.57. The minimum absolute atomic E-state index is 0.0896. The van der Waals surface area contributed by atoms with Crippen molar-refractivity contribution >= 4 is 5.78 Å². The van der Waals surface area contributed by atoms with Crippen molar-refractivity contribution in [3.05, 3.63) is 35.9 Å². The zero-order valence-electron chi connectivity index (χ0n) is 11.5. The van der Waals surface area contributed by atoms with Crippen molar-refractivity contribution in [1.29, 1.82) is 0 Å². The first-order chi connectivity index (χ1) is 9.26. The van der Waals surface area contributed by atoms with Crippen LogP contribution in [0.3, 0.4) is 0 Å². The first kappa shape index (κ1) is 15.4. The molecule has 1 aromatic carbocycles. The monoisotopic (exact) mass is 260 g/mol. The van der Waals surface area contributed by atoms with E-state index in [-0.39, 0.29) is 5.78 Å². The molecule has 3 nitrogen and oxygen atoms in total. The van der Waals surface area contributed by atoms with Crippen molar-refractivity contribution in [1.82, 2.24) is 0 Å². The van der Waals surface area contributed by atoms with Crippen molar-refractivity contribution in [2.75, 3.05) is 13.2 Å². The quantitative estimate of drug-likeness (QED) is 0.429. The maximum Gasteiger partial charge on any atom is 0.222 e. The van der Waals surface area contributed by atoms with Gasteiger partial charge in [0.25, 0.3) is 0 Å². The molecule has 0 atom stereocenters. The van der Waals surface area contributed by atoms with Crippen LogP contribution in [0.15, 0.2) is 30.3 Å². The number of hydrogen-bond donors (Lipinski definition) is 0. The predicted molar refractivity (Wildman–Crippen MR) is 74.6 cm³/mol. The Labute approximate surface area is 114 Å². The van der Waals surface area contributed by atoms with Crippen molar-refractivity contribution < 1.29 is 14.3 Å². The van der Waals surface area contributed by atoms with E-state index in [9.17, 15) is 4.79 Å². The molecule has 0 N–H and O–H groups in total. The average molecular weight is 260 g/mol. The highest BCUT2D eigenvalue weighted by atomic mass is 16.7. The number of benzene rings is 1. The van der Waals surface area contributed by atoms with Gasteiger partial charge in [0.05, 0.1) is 0 Å². The third-order valence-corrected chi connectivity index (χ3v) is 2.45. The lowest BCUT2D eigenvalue weighted by Gasteiger charge is -2.09. The molecule has 1 rings (SSSR count). The number of ketones is 1. The minimum Gasteiger partial charge on any atom is -0.342 e. The summed E-state index contributed by atoms with van der Waals surface area (Å²) in [5.41, 5.74) is 1.14. The van der Waals surface area contributed by atoms with Gasteiger partial charge in [0.2, 0.25) is 12.1 Å². The molecule has 1 aromatic rings. The standard InChI is InChI=1S/C16H20O3/c1-3-18-16(19-4-2)13-12-15(17)11-10-14-8-6-5-7-9-14/h5-9,16H,3-4,10-11H2,1-2H3. The Bertz CT molecular complexity index is 422. The molecule has 0 aliphatic rings. The molecule has 0 spiro atoms. The third-order valence-electron chi connectivity index (χ3n) is 2.45. The van der Waals surface area contributed by atoms with Crippen LogP contribution in [0.5, 0.6) is 0 Å². The van der Waals surface area contributed by atoms with Gasteiger partial charge in [0.15, 0.2) is 0 Å². The zero-order valence-corrected chi connectivity index (χ0v) is 11.5. The molecule has 0 aromatic heterocycles. The van der Waals surface area contributed by atoms with Crippen LogP contribution in [0.4, 0.5) is 0 Å². The lowest BCUT2D eigenvalue weighted by molar-refractivity contribution is -0.114. The van der Waals surface area contributed by atoms with Gasteiger partial charge < -0.3 is 9.47 Å². The zero-order chi connectivity index (χ0) is 13.9. The summed E-state index contributed by atoms with van der Waals surface area (Å²) in [5, 5.41) is 0. The first-order valence-electron chi connectivity index (χ1n) is 6.57. The van der Waals surface area contributed by atoms with Gasteiger partial charge in [-0.2, -0.15) is 0 Å². The fourth-order valence-corrected chi connectivity index (χ4v) is 1.54. The highest BCUT2D eigenvalue weighted by Crippen LogP contribution is 2.02.